The molecule has 19 heavy (non-hydrogen) atoms. The van der Waals surface area contributed by atoms with E-state index < -0.39 is 0 Å². The second kappa shape index (κ2) is 5.36. The van der Waals surface area contributed by atoms with Crippen molar-refractivity contribution in [3.8, 4) is 0 Å². The fraction of sp³-hybridized carbons (Fsp3) is 0.462. The second-order valence-corrected chi connectivity index (χ2v) is 4.86. The van der Waals surface area contributed by atoms with Crippen molar-refractivity contribution in [3.05, 3.63) is 46.6 Å². The molecule has 1 fully saturated rings. The molecular formula is C13H17N5O. The van der Waals surface area contributed by atoms with Crippen LogP contribution in [0.25, 0.3) is 0 Å². The molecule has 0 radical (unpaired) electrons. The van der Waals surface area contributed by atoms with Gasteiger partial charge in [-0.1, -0.05) is 11.3 Å². The van der Waals surface area contributed by atoms with E-state index in [1.807, 2.05) is 12.3 Å². The van der Waals surface area contributed by atoms with E-state index in [0.29, 0.717) is 19.1 Å². The van der Waals surface area contributed by atoms with Crippen molar-refractivity contribution >= 4 is 0 Å². The molecule has 2 heterocycles. The Hall–Kier alpha value is -1.95. The average molecular weight is 259 g/mol. The van der Waals surface area contributed by atoms with E-state index in [1.165, 1.54) is 12.8 Å². The first-order chi connectivity index (χ1) is 9.31. The van der Waals surface area contributed by atoms with Crippen LogP contribution in [0, 0.1) is 0 Å². The minimum atomic E-state index is 0.0123. The van der Waals surface area contributed by atoms with Gasteiger partial charge in [0.05, 0.1) is 12.2 Å². The van der Waals surface area contributed by atoms with Crippen molar-refractivity contribution in [2.24, 2.45) is 0 Å². The van der Waals surface area contributed by atoms with E-state index >= 15 is 0 Å². The van der Waals surface area contributed by atoms with E-state index in [4.69, 9.17) is 0 Å². The van der Waals surface area contributed by atoms with Crippen LogP contribution in [0.1, 0.15) is 18.5 Å². The Morgan fingerprint density at radius 1 is 1.32 bits per heavy atom. The molecule has 1 saturated carbocycles. The lowest BCUT2D eigenvalue weighted by Crippen LogP contribution is -2.20. The molecule has 0 atom stereocenters. The lowest BCUT2D eigenvalue weighted by molar-refractivity contribution is 0.511. The van der Waals surface area contributed by atoms with E-state index in [0.717, 1.165) is 12.2 Å². The standard InChI is InChI=1S/C13H17N5O/c19-13-3-1-2-6-17(13)7-8-18-10-12(15-16-18)9-14-11-4-5-11/h1-3,6,10-11,14H,4-5,7-9H2. The van der Waals surface area contributed by atoms with E-state index in [1.54, 1.807) is 27.6 Å². The molecule has 6 nitrogen and oxygen atoms in total. The van der Waals surface area contributed by atoms with E-state index in [2.05, 4.69) is 15.6 Å². The Morgan fingerprint density at radius 3 is 3.00 bits per heavy atom. The maximum absolute atomic E-state index is 11.5. The summed E-state index contributed by atoms with van der Waals surface area (Å²) in [7, 11) is 0. The van der Waals surface area contributed by atoms with Crippen molar-refractivity contribution in [1.29, 1.82) is 0 Å². The average Bonchev–Trinajstić information content (AvgIpc) is 3.14. The predicted molar refractivity (Wildman–Crippen MR) is 70.6 cm³/mol. The summed E-state index contributed by atoms with van der Waals surface area (Å²) in [6, 6.07) is 5.84. The van der Waals surface area contributed by atoms with E-state index in [-0.39, 0.29) is 5.56 Å². The lowest BCUT2D eigenvalue weighted by atomic mass is 10.4. The Balaban J connectivity index is 1.54. The molecule has 0 bridgehead atoms. The summed E-state index contributed by atoms with van der Waals surface area (Å²) >= 11 is 0. The zero-order chi connectivity index (χ0) is 13.1. The molecule has 3 rings (SSSR count). The SMILES string of the molecule is O=c1ccccn1CCn1cc(CNC2CC2)nn1. The molecule has 0 spiro atoms. The van der Waals surface area contributed by atoms with Crippen LogP contribution in [0.15, 0.2) is 35.4 Å². The summed E-state index contributed by atoms with van der Waals surface area (Å²) < 4.78 is 3.45. The number of hydrogen-bond acceptors (Lipinski definition) is 4. The third kappa shape index (κ3) is 3.29. The minimum absolute atomic E-state index is 0.0123. The first-order valence-electron chi connectivity index (χ1n) is 6.59. The van der Waals surface area contributed by atoms with Gasteiger partial charge in [0.25, 0.3) is 5.56 Å². The molecule has 0 unspecified atom stereocenters. The Bertz CT molecular complexity index is 599. The minimum Gasteiger partial charge on any atom is -0.314 e. The van der Waals surface area contributed by atoms with Gasteiger partial charge in [-0.05, 0) is 18.9 Å². The van der Waals surface area contributed by atoms with Gasteiger partial charge in [-0.2, -0.15) is 0 Å². The van der Waals surface area contributed by atoms with Gasteiger partial charge in [-0.15, -0.1) is 5.10 Å². The summed E-state index contributed by atoms with van der Waals surface area (Å²) in [5.41, 5.74) is 0.963. The van der Waals surface area contributed by atoms with Crippen molar-refractivity contribution in [3.63, 3.8) is 0 Å². The van der Waals surface area contributed by atoms with Crippen LogP contribution in [0.5, 0.6) is 0 Å². The molecule has 6 heteroatoms. The van der Waals surface area contributed by atoms with Gasteiger partial charge in [-0.25, -0.2) is 0 Å². The molecule has 0 amide bonds. The molecule has 1 aliphatic rings. The molecular weight excluding hydrogens is 242 g/mol. The normalized spacial score (nSPS) is 14.7. The largest absolute Gasteiger partial charge is 0.314 e. The van der Waals surface area contributed by atoms with Crippen LogP contribution in [0.4, 0.5) is 0 Å². The zero-order valence-electron chi connectivity index (χ0n) is 10.7. The number of hydrogen-bond donors (Lipinski definition) is 1. The monoisotopic (exact) mass is 259 g/mol. The highest BCUT2D eigenvalue weighted by Crippen LogP contribution is 2.18. The molecule has 0 aliphatic heterocycles. The quantitative estimate of drug-likeness (QED) is 0.815. The third-order valence-corrected chi connectivity index (χ3v) is 3.20. The first kappa shape index (κ1) is 12.1. The summed E-state index contributed by atoms with van der Waals surface area (Å²) in [5, 5.41) is 11.6. The van der Waals surface area contributed by atoms with Crippen molar-refractivity contribution in [2.75, 3.05) is 0 Å². The second-order valence-electron chi connectivity index (χ2n) is 4.86. The van der Waals surface area contributed by atoms with Gasteiger partial charge in [0.1, 0.15) is 0 Å². The topological polar surface area (TPSA) is 64.7 Å². The molecule has 0 saturated heterocycles. The number of pyridine rings is 1. The number of nitrogens with zero attached hydrogens (tertiary/aromatic N) is 4. The summed E-state index contributed by atoms with van der Waals surface area (Å²) in [6.07, 6.45) is 6.26. The number of aromatic nitrogens is 4. The fourth-order valence-corrected chi connectivity index (χ4v) is 1.92. The van der Waals surface area contributed by atoms with Crippen molar-refractivity contribution in [2.45, 2.75) is 38.5 Å². The number of nitrogens with one attached hydrogen (secondary N) is 1. The summed E-state index contributed by atoms with van der Waals surface area (Å²) in [5.74, 6) is 0. The molecule has 100 valence electrons. The van der Waals surface area contributed by atoms with E-state index in [9.17, 15) is 4.79 Å². The van der Waals surface area contributed by atoms with Crippen molar-refractivity contribution in [1.82, 2.24) is 24.9 Å². The van der Waals surface area contributed by atoms with Crippen LogP contribution in [-0.2, 0) is 19.6 Å². The highest BCUT2D eigenvalue weighted by Gasteiger charge is 2.20. The number of aryl methyl sites for hydroxylation is 2. The smallest absolute Gasteiger partial charge is 0.250 e. The predicted octanol–water partition coefficient (Wildman–Crippen LogP) is 0.392. The van der Waals surface area contributed by atoms with Crippen LogP contribution in [-0.4, -0.2) is 25.6 Å². The van der Waals surface area contributed by atoms with Crippen LogP contribution < -0.4 is 10.9 Å². The Kier molecular flexibility index (Phi) is 3.41. The lowest BCUT2D eigenvalue weighted by Gasteiger charge is -2.04. The van der Waals surface area contributed by atoms with Crippen LogP contribution in [0.3, 0.4) is 0 Å². The number of rotatable bonds is 6. The van der Waals surface area contributed by atoms with Crippen LogP contribution in [0.2, 0.25) is 0 Å². The van der Waals surface area contributed by atoms with Gasteiger partial charge in [0.2, 0.25) is 0 Å². The van der Waals surface area contributed by atoms with Gasteiger partial charge < -0.3 is 9.88 Å². The Morgan fingerprint density at radius 2 is 2.21 bits per heavy atom. The maximum Gasteiger partial charge on any atom is 0.250 e. The zero-order valence-corrected chi connectivity index (χ0v) is 10.7. The van der Waals surface area contributed by atoms with Gasteiger partial charge in [0.15, 0.2) is 0 Å². The molecule has 2 aromatic heterocycles. The maximum atomic E-state index is 11.5. The van der Waals surface area contributed by atoms with Crippen molar-refractivity contribution < 1.29 is 0 Å². The highest BCUT2D eigenvalue weighted by atomic mass is 16.1. The molecule has 0 aromatic carbocycles. The molecule has 2 aromatic rings. The highest BCUT2D eigenvalue weighted by molar-refractivity contribution is 4.95. The van der Waals surface area contributed by atoms with Gasteiger partial charge in [-0.3, -0.25) is 9.48 Å². The molecule has 1 N–H and O–H groups in total. The summed E-state index contributed by atoms with van der Waals surface area (Å²) in [6.45, 7) is 2.04. The van der Waals surface area contributed by atoms with Crippen LogP contribution >= 0.6 is 0 Å². The fourth-order valence-electron chi connectivity index (χ4n) is 1.92. The first-order valence-corrected chi connectivity index (χ1v) is 6.59. The van der Waals surface area contributed by atoms with Gasteiger partial charge in [0, 0.05) is 37.6 Å². The third-order valence-electron chi connectivity index (χ3n) is 3.20. The van der Waals surface area contributed by atoms with Gasteiger partial charge >= 0.3 is 0 Å². The molecule has 1 aliphatic carbocycles. The Labute approximate surface area is 111 Å². The summed E-state index contributed by atoms with van der Waals surface area (Å²) in [4.78, 5) is 11.5.